The lowest BCUT2D eigenvalue weighted by Gasteiger charge is -2.16. The van der Waals surface area contributed by atoms with Gasteiger partial charge in [-0.1, -0.05) is 34.6 Å². The third-order valence-corrected chi connectivity index (χ3v) is 4.67. The van der Waals surface area contributed by atoms with Crippen molar-refractivity contribution in [2.45, 2.75) is 40.0 Å². The Hall–Kier alpha value is -1.16. The number of rotatable bonds is 4. The number of hydrogen-bond acceptors (Lipinski definition) is 3. The average molecular weight is 268 g/mol. The van der Waals surface area contributed by atoms with Gasteiger partial charge in [-0.15, -0.1) is 11.3 Å². The highest BCUT2D eigenvalue weighted by Gasteiger charge is 2.28. The van der Waals surface area contributed by atoms with Crippen molar-refractivity contribution in [2.75, 3.05) is 0 Å². The lowest BCUT2D eigenvalue weighted by molar-refractivity contribution is -0.142. The second kappa shape index (κ2) is 5.22. The molecule has 0 radical (unpaired) electrons. The molecule has 0 fully saturated rings. The van der Waals surface area contributed by atoms with Crippen molar-refractivity contribution in [3.63, 3.8) is 0 Å². The van der Waals surface area contributed by atoms with Gasteiger partial charge >= 0.3 is 5.97 Å². The highest BCUT2D eigenvalue weighted by molar-refractivity contribution is 7.14. The fourth-order valence-electron chi connectivity index (χ4n) is 1.54. The molecule has 0 aliphatic rings. The second-order valence-corrected chi connectivity index (χ2v) is 6.78. The summed E-state index contributed by atoms with van der Waals surface area (Å²) in [7, 11) is 0. The number of carboxylic acids is 1. The van der Waals surface area contributed by atoms with E-state index in [1.807, 2.05) is 6.07 Å². The minimum atomic E-state index is -0.927. The first-order valence-electron chi connectivity index (χ1n) is 6.02. The summed E-state index contributed by atoms with van der Waals surface area (Å²) in [6, 6.07) is 3.76. The third-order valence-electron chi connectivity index (χ3n) is 3.14. The van der Waals surface area contributed by atoms with Crippen LogP contribution in [0.25, 0.3) is 0 Å². The number of Topliss-reactive ketones (excluding diaryl/α,β-unsaturated/α-hetero) is 1. The summed E-state index contributed by atoms with van der Waals surface area (Å²) in [5.41, 5.74) is 0.0187. The van der Waals surface area contributed by atoms with Crippen LogP contribution >= 0.6 is 11.3 Å². The Labute approximate surface area is 112 Å². The molecule has 1 rings (SSSR count). The van der Waals surface area contributed by atoms with E-state index in [9.17, 15) is 9.59 Å². The number of hydrogen-bond donors (Lipinski definition) is 1. The second-order valence-electron chi connectivity index (χ2n) is 5.69. The summed E-state index contributed by atoms with van der Waals surface area (Å²) < 4.78 is 0. The van der Waals surface area contributed by atoms with E-state index in [1.54, 1.807) is 19.9 Å². The smallest absolute Gasteiger partial charge is 0.306 e. The van der Waals surface area contributed by atoms with E-state index in [4.69, 9.17) is 5.11 Å². The largest absolute Gasteiger partial charge is 0.481 e. The van der Waals surface area contributed by atoms with Crippen molar-refractivity contribution in [3.05, 3.63) is 21.9 Å². The molecular weight excluding hydrogens is 248 g/mol. The molecule has 0 spiro atoms. The normalized spacial score (nSPS) is 15.2. The van der Waals surface area contributed by atoms with Crippen LogP contribution in [-0.2, 0) is 10.2 Å². The summed E-state index contributed by atoms with van der Waals surface area (Å²) in [5, 5.41) is 8.93. The molecule has 3 nitrogen and oxygen atoms in total. The molecule has 0 aromatic carbocycles. The monoisotopic (exact) mass is 268 g/mol. The molecule has 4 heteroatoms. The Morgan fingerprint density at radius 2 is 1.72 bits per heavy atom. The van der Waals surface area contributed by atoms with Gasteiger partial charge in [-0.05, 0) is 17.5 Å². The average Bonchev–Trinajstić information content (AvgIpc) is 2.74. The molecule has 2 unspecified atom stereocenters. The van der Waals surface area contributed by atoms with Crippen molar-refractivity contribution in [3.8, 4) is 0 Å². The van der Waals surface area contributed by atoms with Gasteiger partial charge in [-0.2, -0.15) is 0 Å². The van der Waals surface area contributed by atoms with Crippen LogP contribution in [0.15, 0.2) is 12.1 Å². The number of ketones is 1. The molecule has 0 aliphatic carbocycles. The summed E-state index contributed by atoms with van der Waals surface area (Å²) >= 11 is 1.46. The Bertz CT molecular complexity index is 454. The van der Waals surface area contributed by atoms with Crippen molar-refractivity contribution in [2.24, 2.45) is 11.8 Å². The first kappa shape index (κ1) is 14.9. The van der Waals surface area contributed by atoms with Crippen LogP contribution in [-0.4, -0.2) is 16.9 Å². The molecule has 1 N–H and O–H groups in total. The Balaban J connectivity index is 2.92. The standard InChI is InChI=1S/C14H20O3S/c1-8(9(2)13(16)17)12(15)10-6-7-11(18-10)14(3,4)5/h6-9H,1-5H3,(H,16,17). The number of carbonyl (C=O) groups is 2. The van der Waals surface area contributed by atoms with Crippen LogP contribution in [0.2, 0.25) is 0 Å². The third kappa shape index (κ3) is 3.19. The summed E-state index contributed by atoms with van der Waals surface area (Å²) in [5.74, 6) is -2.15. The van der Waals surface area contributed by atoms with Crippen molar-refractivity contribution in [1.29, 1.82) is 0 Å². The molecule has 0 saturated carbocycles. The van der Waals surface area contributed by atoms with Crippen LogP contribution < -0.4 is 0 Å². The van der Waals surface area contributed by atoms with E-state index in [0.717, 1.165) is 4.88 Å². The zero-order valence-corrected chi connectivity index (χ0v) is 12.3. The molecule has 0 aliphatic heterocycles. The zero-order valence-electron chi connectivity index (χ0n) is 11.5. The van der Waals surface area contributed by atoms with E-state index in [1.165, 1.54) is 11.3 Å². The van der Waals surface area contributed by atoms with Gasteiger partial charge in [0.05, 0.1) is 10.8 Å². The number of carbonyl (C=O) groups excluding carboxylic acids is 1. The van der Waals surface area contributed by atoms with Gasteiger partial charge in [0.25, 0.3) is 0 Å². The maximum absolute atomic E-state index is 12.2. The van der Waals surface area contributed by atoms with Crippen LogP contribution in [0.3, 0.4) is 0 Å². The van der Waals surface area contributed by atoms with Gasteiger partial charge < -0.3 is 5.11 Å². The van der Waals surface area contributed by atoms with E-state index in [2.05, 4.69) is 20.8 Å². The number of aliphatic carboxylic acids is 1. The van der Waals surface area contributed by atoms with Crippen LogP contribution in [0.4, 0.5) is 0 Å². The maximum Gasteiger partial charge on any atom is 0.306 e. The van der Waals surface area contributed by atoms with Crippen molar-refractivity contribution >= 4 is 23.1 Å². The van der Waals surface area contributed by atoms with Crippen LogP contribution in [0.5, 0.6) is 0 Å². The molecule has 0 saturated heterocycles. The Morgan fingerprint density at radius 1 is 1.17 bits per heavy atom. The molecule has 1 aromatic heterocycles. The van der Waals surface area contributed by atoms with Gasteiger partial charge in [0, 0.05) is 10.8 Å². The predicted octanol–water partition coefficient (Wildman–Crippen LogP) is 3.59. The Morgan fingerprint density at radius 3 is 2.11 bits per heavy atom. The summed E-state index contributed by atoms with van der Waals surface area (Å²) in [6.07, 6.45) is 0. The van der Waals surface area contributed by atoms with Gasteiger partial charge in [0.2, 0.25) is 0 Å². The molecule has 0 bridgehead atoms. The number of carboxylic acid groups (broad SMARTS) is 1. The van der Waals surface area contributed by atoms with E-state index < -0.39 is 17.8 Å². The fraction of sp³-hybridized carbons (Fsp3) is 0.571. The molecule has 0 amide bonds. The maximum atomic E-state index is 12.2. The minimum Gasteiger partial charge on any atom is -0.481 e. The SMILES string of the molecule is CC(C(=O)O)C(C)C(=O)c1ccc(C(C)(C)C)s1. The number of thiophene rings is 1. The van der Waals surface area contributed by atoms with E-state index in [0.29, 0.717) is 4.88 Å². The van der Waals surface area contributed by atoms with Gasteiger partial charge in [0.15, 0.2) is 5.78 Å². The van der Waals surface area contributed by atoms with Crippen LogP contribution in [0, 0.1) is 11.8 Å². The van der Waals surface area contributed by atoms with Crippen molar-refractivity contribution in [1.82, 2.24) is 0 Å². The quantitative estimate of drug-likeness (QED) is 0.849. The topological polar surface area (TPSA) is 54.4 Å². The highest BCUT2D eigenvalue weighted by atomic mass is 32.1. The van der Waals surface area contributed by atoms with Gasteiger partial charge in [-0.3, -0.25) is 9.59 Å². The molecular formula is C14H20O3S. The highest BCUT2D eigenvalue weighted by Crippen LogP contribution is 2.31. The van der Waals surface area contributed by atoms with Crippen LogP contribution in [0.1, 0.15) is 49.2 Å². The fourth-order valence-corrected chi connectivity index (χ4v) is 2.64. The van der Waals surface area contributed by atoms with Crippen molar-refractivity contribution < 1.29 is 14.7 Å². The molecule has 2 atom stereocenters. The molecule has 1 heterocycles. The first-order chi connectivity index (χ1) is 8.14. The first-order valence-corrected chi connectivity index (χ1v) is 6.83. The van der Waals surface area contributed by atoms with Gasteiger partial charge in [0.1, 0.15) is 0 Å². The molecule has 1 aromatic rings. The Kier molecular flexibility index (Phi) is 4.32. The molecule has 100 valence electrons. The minimum absolute atomic E-state index is 0.0187. The summed E-state index contributed by atoms with van der Waals surface area (Å²) in [4.78, 5) is 24.9. The van der Waals surface area contributed by atoms with E-state index in [-0.39, 0.29) is 11.2 Å². The lowest BCUT2D eigenvalue weighted by atomic mass is 9.91. The predicted molar refractivity (Wildman–Crippen MR) is 73.3 cm³/mol. The lowest BCUT2D eigenvalue weighted by Crippen LogP contribution is -2.24. The van der Waals surface area contributed by atoms with E-state index >= 15 is 0 Å². The molecule has 18 heavy (non-hydrogen) atoms. The van der Waals surface area contributed by atoms with Gasteiger partial charge in [-0.25, -0.2) is 0 Å². The zero-order chi connectivity index (χ0) is 14.1. The summed E-state index contributed by atoms with van der Waals surface area (Å²) in [6.45, 7) is 9.53.